The van der Waals surface area contributed by atoms with Crippen LogP contribution in [0, 0.1) is 5.92 Å². The summed E-state index contributed by atoms with van der Waals surface area (Å²) in [5, 5.41) is 9.10. The SMILES string of the molecule is CN1CCC(N(CCO)CC2CC2)CC1. The first kappa shape index (κ1) is 11.4. The van der Waals surface area contributed by atoms with Crippen LogP contribution < -0.4 is 0 Å². The van der Waals surface area contributed by atoms with Crippen LogP contribution in [-0.2, 0) is 0 Å². The average Bonchev–Trinajstić information content (AvgIpc) is 3.02. The van der Waals surface area contributed by atoms with Crippen molar-refractivity contribution in [3.8, 4) is 0 Å². The number of hydrogen-bond acceptors (Lipinski definition) is 3. The fraction of sp³-hybridized carbons (Fsp3) is 1.00. The second-order valence-electron chi connectivity index (χ2n) is 5.20. The van der Waals surface area contributed by atoms with E-state index < -0.39 is 0 Å². The molecule has 1 saturated carbocycles. The summed E-state index contributed by atoms with van der Waals surface area (Å²) in [4.78, 5) is 4.94. The highest BCUT2D eigenvalue weighted by Crippen LogP contribution is 2.31. The number of likely N-dealkylation sites (tertiary alicyclic amines) is 1. The van der Waals surface area contributed by atoms with Gasteiger partial charge in [-0.1, -0.05) is 0 Å². The minimum atomic E-state index is 0.319. The largest absolute Gasteiger partial charge is 0.395 e. The van der Waals surface area contributed by atoms with Gasteiger partial charge < -0.3 is 10.0 Å². The van der Waals surface area contributed by atoms with E-state index in [1.807, 2.05) is 0 Å². The molecule has 0 atom stereocenters. The molecule has 2 aliphatic rings. The number of hydrogen-bond donors (Lipinski definition) is 1. The van der Waals surface area contributed by atoms with E-state index in [0.717, 1.165) is 18.5 Å². The Morgan fingerprint density at radius 1 is 1.20 bits per heavy atom. The van der Waals surface area contributed by atoms with Gasteiger partial charge in [0, 0.05) is 19.1 Å². The second-order valence-corrected chi connectivity index (χ2v) is 5.20. The zero-order valence-electron chi connectivity index (χ0n) is 9.86. The molecule has 0 amide bonds. The van der Waals surface area contributed by atoms with Gasteiger partial charge in [0.25, 0.3) is 0 Å². The molecule has 1 N–H and O–H groups in total. The van der Waals surface area contributed by atoms with E-state index in [0.29, 0.717) is 6.61 Å². The van der Waals surface area contributed by atoms with Gasteiger partial charge in [-0.25, -0.2) is 0 Å². The lowest BCUT2D eigenvalue weighted by Crippen LogP contribution is -2.45. The van der Waals surface area contributed by atoms with Crippen molar-refractivity contribution in [3.63, 3.8) is 0 Å². The second kappa shape index (κ2) is 5.28. The van der Waals surface area contributed by atoms with Crippen LogP contribution >= 0.6 is 0 Å². The summed E-state index contributed by atoms with van der Waals surface area (Å²) in [6.07, 6.45) is 5.38. The third kappa shape index (κ3) is 3.44. The van der Waals surface area contributed by atoms with Crippen molar-refractivity contribution in [2.45, 2.75) is 31.7 Å². The molecule has 0 bridgehead atoms. The molecular formula is C12H24N2O. The van der Waals surface area contributed by atoms with E-state index >= 15 is 0 Å². The van der Waals surface area contributed by atoms with Gasteiger partial charge in [0.15, 0.2) is 0 Å². The van der Waals surface area contributed by atoms with Gasteiger partial charge in [0.2, 0.25) is 0 Å². The molecule has 3 heteroatoms. The summed E-state index contributed by atoms with van der Waals surface area (Å²) in [5.74, 6) is 0.941. The van der Waals surface area contributed by atoms with Gasteiger partial charge in [0.05, 0.1) is 6.61 Å². The van der Waals surface area contributed by atoms with Gasteiger partial charge in [0.1, 0.15) is 0 Å². The summed E-state index contributed by atoms with van der Waals surface area (Å²) in [6, 6.07) is 0.731. The Morgan fingerprint density at radius 3 is 2.40 bits per heavy atom. The van der Waals surface area contributed by atoms with E-state index in [1.54, 1.807) is 0 Å². The Balaban J connectivity index is 1.79. The Hall–Kier alpha value is -0.120. The third-order valence-electron chi connectivity index (χ3n) is 3.78. The molecule has 0 unspecified atom stereocenters. The van der Waals surface area contributed by atoms with Crippen LogP contribution in [0.1, 0.15) is 25.7 Å². The fourth-order valence-corrected chi connectivity index (χ4v) is 2.54. The fourth-order valence-electron chi connectivity index (χ4n) is 2.54. The topological polar surface area (TPSA) is 26.7 Å². The van der Waals surface area contributed by atoms with E-state index in [4.69, 9.17) is 5.11 Å². The summed E-state index contributed by atoms with van der Waals surface area (Å²) in [5.41, 5.74) is 0. The maximum absolute atomic E-state index is 9.10. The summed E-state index contributed by atoms with van der Waals surface area (Å²) >= 11 is 0. The molecule has 1 aliphatic heterocycles. The Labute approximate surface area is 93.1 Å². The first-order valence-corrected chi connectivity index (χ1v) is 6.33. The first-order chi connectivity index (χ1) is 7.29. The highest BCUT2D eigenvalue weighted by Gasteiger charge is 2.29. The number of rotatable bonds is 5. The molecule has 0 spiro atoms. The summed E-state index contributed by atoms with van der Waals surface area (Å²) < 4.78 is 0. The molecular weight excluding hydrogens is 188 g/mol. The highest BCUT2D eigenvalue weighted by molar-refractivity contribution is 4.83. The molecule has 0 aromatic rings. The zero-order valence-corrected chi connectivity index (χ0v) is 9.86. The molecule has 1 saturated heterocycles. The lowest BCUT2D eigenvalue weighted by molar-refractivity contribution is 0.0960. The molecule has 0 aromatic heterocycles. The summed E-state index contributed by atoms with van der Waals surface area (Å²) in [6.45, 7) is 4.87. The maximum Gasteiger partial charge on any atom is 0.0558 e. The molecule has 3 nitrogen and oxygen atoms in total. The van der Waals surface area contributed by atoms with Crippen LogP contribution in [0.2, 0.25) is 0 Å². The van der Waals surface area contributed by atoms with Crippen LogP contribution in [0.4, 0.5) is 0 Å². The Bertz CT molecular complexity index is 186. The van der Waals surface area contributed by atoms with Crippen LogP contribution in [0.3, 0.4) is 0 Å². The van der Waals surface area contributed by atoms with Gasteiger partial charge >= 0.3 is 0 Å². The minimum Gasteiger partial charge on any atom is -0.395 e. The zero-order chi connectivity index (χ0) is 10.7. The monoisotopic (exact) mass is 212 g/mol. The Morgan fingerprint density at radius 2 is 1.87 bits per heavy atom. The van der Waals surface area contributed by atoms with E-state index in [1.165, 1.54) is 45.3 Å². The van der Waals surface area contributed by atoms with E-state index in [2.05, 4.69) is 16.8 Å². The van der Waals surface area contributed by atoms with Crippen molar-refractivity contribution in [1.29, 1.82) is 0 Å². The molecule has 1 heterocycles. The minimum absolute atomic E-state index is 0.319. The number of piperidine rings is 1. The lowest BCUT2D eigenvalue weighted by atomic mass is 10.0. The van der Waals surface area contributed by atoms with Crippen LogP contribution in [0.25, 0.3) is 0 Å². The molecule has 0 radical (unpaired) electrons. The Kier molecular flexibility index (Phi) is 4.00. The van der Waals surface area contributed by atoms with Crippen molar-refractivity contribution in [1.82, 2.24) is 9.80 Å². The lowest BCUT2D eigenvalue weighted by Gasteiger charge is -2.37. The van der Waals surface area contributed by atoms with Crippen molar-refractivity contribution in [3.05, 3.63) is 0 Å². The van der Waals surface area contributed by atoms with Gasteiger partial charge in [-0.2, -0.15) is 0 Å². The quantitative estimate of drug-likeness (QED) is 0.730. The van der Waals surface area contributed by atoms with Crippen molar-refractivity contribution in [2.24, 2.45) is 5.92 Å². The van der Waals surface area contributed by atoms with Gasteiger partial charge in [-0.3, -0.25) is 4.90 Å². The van der Waals surface area contributed by atoms with Crippen molar-refractivity contribution < 1.29 is 5.11 Å². The molecule has 2 rings (SSSR count). The average molecular weight is 212 g/mol. The van der Waals surface area contributed by atoms with Crippen LogP contribution in [0.5, 0.6) is 0 Å². The first-order valence-electron chi connectivity index (χ1n) is 6.33. The van der Waals surface area contributed by atoms with Gasteiger partial charge in [-0.15, -0.1) is 0 Å². The van der Waals surface area contributed by atoms with Gasteiger partial charge in [-0.05, 0) is 51.7 Å². The molecule has 15 heavy (non-hydrogen) atoms. The summed E-state index contributed by atoms with van der Waals surface area (Å²) in [7, 11) is 2.20. The van der Waals surface area contributed by atoms with Crippen LogP contribution in [-0.4, -0.2) is 60.8 Å². The number of aliphatic hydroxyl groups is 1. The van der Waals surface area contributed by atoms with E-state index in [-0.39, 0.29) is 0 Å². The predicted molar refractivity (Wildman–Crippen MR) is 61.9 cm³/mol. The van der Waals surface area contributed by atoms with Crippen molar-refractivity contribution >= 4 is 0 Å². The smallest absolute Gasteiger partial charge is 0.0558 e. The maximum atomic E-state index is 9.10. The standard InChI is InChI=1S/C12H24N2O/c1-13-6-4-12(5-7-13)14(8-9-15)10-11-2-3-11/h11-12,15H,2-10H2,1H3. The normalized spacial score (nSPS) is 25.0. The van der Waals surface area contributed by atoms with Crippen molar-refractivity contribution in [2.75, 3.05) is 39.8 Å². The third-order valence-corrected chi connectivity index (χ3v) is 3.78. The molecule has 1 aliphatic carbocycles. The molecule has 88 valence electrons. The number of nitrogens with zero attached hydrogens (tertiary/aromatic N) is 2. The predicted octanol–water partition coefficient (Wildman–Crippen LogP) is 0.785. The highest BCUT2D eigenvalue weighted by atomic mass is 16.3. The molecule has 2 fully saturated rings. The number of aliphatic hydroxyl groups excluding tert-OH is 1. The molecule has 0 aromatic carbocycles. The van der Waals surface area contributed by atoms with Crippen LogP contribution in [0.15, 0.2) is 0 Å². The van der Waals surface area contributed by atoms with E-state index in [9.17, 15) is 0 Å².